The molecule has 2 aromatic carbocycles. The third-order valence-electron chi connectivity index (χ3n) is 3.78. The summed E-state index contributed by atoms with van der Waals surface area (Å²) in [6, 6.07) is 15.0. The average molecular weight is 267 g/mol. The number of carbonyl (C=O) groups excluding carboxylic acids is 1. The van der Waals surface area contributed by atoms with Crippen molar-refractivity contribution >= 4 is 5.78 Å². The maximum Gasteiger partial charge on any atom is 0.154 e. The molecular weight excluding hydrogens is 250 g/mol. The first-order valence-electron chi connectivity index (χ1n) is 6.83. The highest BCUT2D eigenvalue weighted by atomic mass is 16.3. The lowest BCUT2D eigenvalue weighted by Crippen LogP contribution is -2.42. The van der Waals surface area contributed by atoms with Gasteiger partial charge in [-0.3, -0.25) is 4.79 Å². The van der Waals surface area contributed by atoms with Crippen LogP contribution in [-0.2, 0) is 24.2 Å². The third-order valence-corrected chi connectivity index (χ3v) is 3.78. The Bertz CT molecular complexity index is 619. The van der Waals surface area contributed by atoms with Crippen LogP contribution in [0.1, 0.15) is 16.7 Å². The second kappa shape index (κ2) is 5.47. The van der Waals surface area contributed by atoms with E-state index in [4.69, 9.17) is 0 Å². The van der Waals surface area contributed by atoms with E-state index in [-0.39, 0.29) is 17.6 Å². The van der Waals surface area contributed by atoms with E-state index >= 15 is 0 Å². The van der Waals surface area contributed by atoms with Gasteiger partial charge >= 0.3 is 0 Å². The van der Waals surface area contributed by atoms with E-state index in [1.54, 1.807) is 24.3 Å². The molecule has 0 fully saturated rings. The van der Waals surface area contributed by atoms with Crippen LogP contribution in [0.5, 0.6) is 5.75 Å². The zero-order valence-electron chi connectivity index (χ0n) is 11.2. The predicted octanol–water partition coefficient (Wildman–Crippen LogP) is 2.22. The van der Waals surface area contributed by atoms with Crippen LogP contribution in [0.15, 0.2) is 48.5 Å². The average Bonchev–Trinajstić information content (AvgIpc) is 2.49. The minimum absolute atomic E-state index is 0.112. The van der Waals surface area contributed by atoms with Gasteiger partial charge in [-0.05, 0) is 35.2 Å². The molecule has 3 rings (SSSR count). The normalized spacial score (nSPS) is 17.5. The summed E-state index contributed by atoms with van der Waals surface area (Å²) >= 11 is 0. The van der Waals surface area contributed by atoms with Gasteiger partial charge in [-0.15, -0.1) is 0 Å². The van der Waals surface area contributed by atoms with E-state index in [0.29, 0.717) is 6.42 Å². The Morgan fingerprint density at radius 3 is 2.55 bits per heavy atom. The highest BCUT2D eigenvalue weighted by Gasteiger charge is 2.23. The number of phenolic OH excluding ortho intramolecular Hbond substituents is 1. The number of fused-ring (bicyclic) bond motifs is 1. The number of rotatable bonds is 3. The van der Waals surface area contributed by atoms with E-state index in [9.17, 15) is 9.90 Å². The number of hydrogen-bond acceptors (Lipinski definition) is 3. The molecule has 1 atom stereocenters. The van der Waals surface area contributed by atoms with Gasteiger partial charge in [-0.1, -0.05) is 36.4 Å². The number of benzene rings is 2. The smallest absolute Gasteiger partial charge is 0.154 e. The number of aromatic hydroxyl groups is 1. The molecule has 0 bridgehead atoms. The highest BCUT2D eigenvalue weighted by Crippen LogP contribution is 2.18. The number of phenols is 1. The maximum absolute atomic E-state index is 12.3. The van der Waals surface area contributed by atoms with Gasteiger partial charge in [0.1, 0.15) is 5.75 Å². The Morgan fingerprint density at radius 1 is 1.10 bits per heavy atom. The Kier molecular flexibility index (Phi) is 3.52. The Balaban J connectivity index is 1.68. The second-order valence-electron chi connectivity index (χ2n) is 5.22. The Morgan fingerprint density at radius 2 is 1.80 bits per heavy atom. The first kappa shape index (κ1) is 12.9. The van der Waals surface area contributed by atoms with Crippen LogP contribution in [0.25, 0.3) is 0 Å². The first-order chi connectivity index (χ1) is 9.72. The van der Waals surface area contributed by atoms with Crippen LogP contribution in [0.4, 0.5) is 0 Å². The zero-order valence-corrected chi connectivity index (χ0v) is 11.2. The van der Waals surface area contributed by atoms with Crippen LogP contribution < -0.4 is 5.32 Å². The second-order valence-corrected chi connectivity index (χ2v) is 5.22. The van der Waals surface area contributed by atoms with Crippen molar-refractivity contribution in [2.45, 2.75) is 25.4 Å². The molecule has 0 radical (unpaired) electrons. The van der Waals surface area contributed by atoms with Crippen molar-refractivity contribution in [3.8, 4) is 5.75 Å². The van der Waals surface area contributed by atoms with Crippen molar-refractivity contribution in [3.63, 3.8) is 0 Å². The Hall–Kier alpha value is -2.13. The number of ketones is 1. The summed E-state index contributed by atoms with van der Waals surface area (Å²) in [6.45, 7) is 0.752. The topological polar surface area (TPSA) is 49.3 Å². The molecule has 0 saturated carbocycles. The molecular formula is C17H17NO2. The summed E-state index contributed by atoms with van der Waals surface area (Å²) in [4.78, 5) is 12.3. The Labute approximate surface area is 118 Å². The van der Waals surface area contributed by atoms with Crippen molar-refractivity contribution in [2.75, 3.05) is 0 Å². The number of nitrogens with one attached hydrogen (secondary N) is 1. The molecule has 0 aromatic heterocycles. The summed E-state index contributed by atoms with van der Waals surface area (Å²) in [5.41, 5.74) is 3.48. The highest BCUT2D eigenvalue weighted by molar-refractivity contribution is 5.86. The van der Waals surface area contributed by atoms with Gasteiger partial charge in [0.15, 0.2) is 5.78 Å². The fourth-order valence-corrected chi connectivity index (χ4v) is 2.62. The predicted molar refractivity (Wildman–Crippen MR) is 77.6 cm³/mol. The van der Waals surface area contributed by atoms with Gasteiger partial charge in [0.05, 0.1) is 6.04 Å². The fraction of sp³-hybridized carbons (Fsp3) is 0.235. The minimum Gasteiger partial charge on any atom is -0.508 e. The van der Waals surface area contributed by atoms with Crippen molar-refractivity contribution in [1.29, 1.82) is 0 Å². The van der Waals surface area contributed by atoms with Gasteiger partial charge < -0.3 is 10.4 Å². The van der Waals surface area contributed by atoms with E-state index in [0.717, 1.165) is 18.5 Å². The SMILES string of the molecule is O=C(Cc1ccc(O)cc1)C1Cc2ccccc2CN1. The van der Waals surface area contributed by atoms with Gasteiger partial charge in [0.2, 0.25) is 0 Å². The zero-order chi connectivity index (χ0) is 13.9. The van der Waals surface area contributed by atoms with E-state index < -0.39 is 0 Å². The molecule has 3 nitrogen and oxygen atoms in total. The van der Waals surface area contributed by atoms with E-state index in [1.807, 2.05) is 12.1 Å². The monoisotopic (exact) mass is 267 g/mol. The van der Waals surface area contributed by atoms with E-state index in [2.05, 4.69) is 17.4 Å². The molecule has 20 heavy (non-hydrogen) atoms. The maximum atomic E-state index is 12.3. The molecule has 0 spiro atoms. The van der Waals surface area contributed by atoms with Gasteiger partial charge in [-0.2, -0.15) is 0 Å². The van der Waals surface area contributed by atoms with Crippen LogP contribution in [-0.4, -0.2) is 16.9 Å². The summed E-state index contributed by atoms with van der Waals surface area (Å²) < 4.78 is 0. The van der Waals surface area contributed by atoms with Crippen LogP contribution >= 0.6 is 0 Å². The molecule has 0 aliphatic carbocycles. The molecule has 2 N–H and O–H groups in total. The van der Waals surface area contributed by atoms with Crippen molar-refractivity contribution in [3.05, 3.63) is 65.2 Å². The van der Waals surface area contributed by atoms with Crippen molar-refractivity contribution in [1.82, 2.24) is 5.32 Å². The molecule has 1 unspecified atom stereocenters. The lowest BCUT2D eigenvalue weighted by Gasteiger charge is -2.25. The molecule has 3 heteroatoms. The van der Waals surface area contributed by atoms with Gasteiger partial charge in [0.25, 0.3) is 0 Å². The minimum atomic E-state index is -0.112. The molecule has 0 amide bonds. The van der Waals surface area contributed by atoms with Gasteiger partial charge in [0, 0.05) is 13.0 Å². The van der Waals surface area contributed by atoms with Gasteiger partial charge in [-0.25, -0.2) is 0 Å². The number of carbonyl (C=O) groups is 1. The molecule has 1 aliphatic rings. The van der Waals surface area contributed by atoms with Crippen LogP contribution in [0, 0.1) is 0 Å². The molecule has 1 aliphatic heterocycles. The summed E-state index contributed by atoms with van der Waals surface area (Å²) in [7, 11) is 0. The third kappa shape index (κ3) is 2.73. The standard InChI is InChI=1S/C17H17NO2/c19-15-7-5-12(6-8-15)9-17(20)16-10-13-3-1-2-4-14(13)11-18-16/h1-8,16,18-19H,9-11H2. The summed E-state index contributed by atoms with van der Waals surface area (Å²) in [6.07, 6.45) is 1.16. The van der Waals surface area contributed by atoms with Crippen molar-refractivity contribution < 1.29 is 9.90 Å². The summed E-state index contributed by atoms with van der Waals surface area (Å²) in [5.74, 6) is 0.427. The molecule has 1 heterocycles. The lowest BCUT2D eigenvalue weighted by atomic mass is 9.91. The lowest BCUT2D eigenvalue weighted by molar-refractivity contribution is -0.120. The number of hydrogen-bond donors (Lipinski definition) is 2. The molecule has 0 saturated heterocycles. The van der Waals surface area contributed by atoms with Crippen LogP contribution in [0.3, 0.4) is 0 Å². The fourth-order valence-electron chi connectivity index (χ4n) is 2.62. The van der Waals surface area contributed by atoms with Crippen molar-refractivity contribution in [2.24, 2.45) is 0 Å². The molecule has 2 aromatic rings. The van der Waals surface area contributed by atoms with Crippen LogP contribution in [0.2, 0.25) is 0 Å². The largest absolute Gasteiger partial charge is 0.508 e. The molecule has 102 valence electrons. The first-order valence-corrected chi connectivity index (χ1v) is 6.83. The quantitative estimate of drug-likeness (QED) is 0.896. The summed E-state index contributed by atoms with van der Waals surface area (Å²) in [5, 5.41) is 12.6. The number of Topliss-reactive ketones (excluding diaryl/α,β-unsaturated/α-hetero) is 1. The van der Waals surface area contributed by atoms with E-state index in [1.165, 1.54) is 11.1 Å².